The van der Waals surface area contributed by atoms with Crippen LogP contribution in [0.25, 0.3) is 10.7 Å². The molecular formula is C19H20N4O3S. The zero-order valence-corrected chi connectivity index (χ0v) is 16.4. The van der Waals surface area contributed by atoms with Gasteiger partial charge in [-0.1, -0.05) is 18.1 Å². The summed E-state index contributed by atoms with van der Waals surface area (Å²) < 4.78 is 5.15. The number of carbonyl (C=O) groups is 2. The van der Waals surface area contributed by atoms with E-state index in [1.54, 1.807) is 18.2 Å². The second kappa shape index (κ2) is 7.71. The van der Waals surface area contributed by atoms with Gasteiger partial charge in [-0.2, -0.15) is 4.98 Å². The molecule has 8 heteroatoms. The van der Waals surface area contributed by atoms with E-state index in [9.17, 15) is 9.59 Å². The lowest BCUT2D eigenvalue weighted by Crippen LogP contribution is -2.14. The molecule has 7 nitrogen and oxygen atoms in total. The molecule has 3 rings (SSSR count). The van der Waals surface area contributed by atoms with Crippen LogP contribution in [0.15, 0.2) is 28.8 Å². The van der Waals surface area contributed by atoms with Gasteiger partial charge in [-0.25, -0.2) is 0 Å². The van der Waals surface area contributed by atoms with Crippen molar-refractivity contribution in [1.29, 1.82) is 0 Å². The van der Waals surface area contributed by atoms with Crippen molar-refractivity contribution >= 4 is 34.5 Å². The molecule has 0 atom stereocenters. The first-order valence-corrected chi connectivity index (χ1v) is 9.32. The Kier molecular flexibility index (Phi) is 5.36. The Labute approximate surface area is 160 Å². The van der Waals surface area contributed by atoms with Crippen LogP contribution in [0, 0.1) is 13.8 Å². The van der Waals surface area contributed by atoms with Gasteiger partial charge in [-0.3, -0.25) is 9.59 Å². The highest BCUT2D eigenvalue weighted by atomic mass is 32.1. The molecule has 0 aliphatic rings. The van der Waals surface area contributed by atoms with Crippen molar-refractivity contribution in [3.05, 3.63) is 46.2 Å². The van der Waals surface area contributed by atoms with Crippen molar-refractivity contribution in [2.75, 3.05) is 10.6 Å². The molecule has 3 aromatic rings. The fraction of sp³-hybridized carbons (Fsp3) is 0.263. The monoisotopic (exact) mass is 384 g/mol. The maximum Gasteiger partial charge on any atom is 0.255 e. The van der Waals surface area contributed by atoms with Crippen LogP contribution in [-0.4, -0.2) is 22.0 Å². The minimum absolute atomic E-state index is 0.180. The molecule has 140 valence electrons. The highest BCUT2D eigenvalue weighted by molar-refractivity contribution is 7.16. The normalized spacial score (nSPS) is 10.7. The Balaban J connectivity index is 1.81. The van der Waals surface area contributed by atoms with Crippen molar-refractivity contribution in [3.8, 4) is 10.7 Å². The summed E-state index contributed by atoms with van der Waals surface area (Å²) in [6.07, 6.45) is 0.672. The molecule has 2 aromatic heterocycles. The highest BCUT2D eigenvalue weighted by Crippen LogP contribution is 2.33. The first-order chi connectivity index (χ1) is 12.9. The summed E-state index contributed by atoms with van der Waals surface area (Å²) in [6, 6.07) is 7.04. The molecule has 0 aliphatic carbocycles. The molecule has 0 saturated heterocycles. The van der Waals surface area contributed by atoms with E-state index >= 15 is 0 Å². The maximum absolute atomic E-state index is 12.6. The molecule has 0 aliphatic heterocycles. The van der Waals surface area contributed by atoms with Gasteiger partial charge in [0, 0.05) is 29.5 Å². The number of nitrogens with one attached hydrogen (secondary N) is 2. The lowest BCUT2D eigenvalue weighted by molar-refractivity contribution is -0.114. The predicted molar refractivity (Wildman–Crippen MR) is 105 cm³/mol. The number of hydrogen-bond donors (Lipinski definition) is 2. The van der Waals surface area contributed by atoms with Crippen molar-refractivity contribution < 1.29 is 14.1 Å². The van der Waals surface area contributed by atoms with Crippen LogP contribution in [0.3, 0.4) is 0 Å². The lowest BCUT2D eigenvalue weighted by Gasteiger charge is -2.09. The highest BCUT2D eigenvalue weighted by Gasteiger charge is 2.16. The minimum atomic E-state index is -0.253. The van der Waals surface area contributed by atoms with Gasteiger partial charge in [0.05, 0.1) is 10.6 Å². The van der Waals surface area contributed by atoms with Crippen molar-refractivity contribution in [1.82, 2.24) is 10.1 Å². The Morgan fingerprint density at radius 1 is 1.15 bits per heavy atom. The van der Waals surface area contributed by atoms with Gasteiger partial charge < -0.3 is 15.2 Å². The van der Waals surface area contributed by atoms with Gasteiger partial charge in [-0.05, 0) is 37.6 Å². The SMILES string of the molecule is CCc1nc(-c2cc(NC(=O)c3ccc(C)c(NC(C)=O)c3)c(C)s2)no1. The molecule has 2 heterocycles. The van der Waals surface area contributed by atoms with Crippen LogP contribution in [0.2, 0.25) is 0 Å². The summed E-state index contributed by atoms with van der Waals surface area (Å²) in [7, 11) is 0. The van der Waals surface area contributed by atoms with E-state index in [-0.39, 0.29) is 11.8 Å². The molecule has 27 heavy (non-hydrogen) atoms. The van der Waals surface area contributed by atoms with E-state index < -0.39 is 0 Å². The number of aromatic nitrogens is 2. The summed E-state index contributed by atoms with van der Waals surface area (Å²) in [5.41, 5.74) is 2.67. The molecule has 0 unspecified atom stereocenters. The average Bonchev–Trinajstić information content (AvgIpc) is 3.23. The molecule has 2 N–H and O–H groups in total. The average molecular weight is 384 g/mol. The second-order valence-electron chi connectivity index (χ2n) is 6.11. The first kappa shape index (κ1) is 18.8. The summed E-state index contributed by atoms with van der Waals surface area (Å²) in [4.78, 5) is 30.0. The van der Waals surface area contributed by atoms with Crippen molar-refractivity contribution in [3.63, 3.8) is 0 Å². The van der Waals surface area contributed by atoms with Gasteiger partial charge in [0.25, 0.3) is 5.91 Å². The number of rotatable bonds is 5. The minimum Gasteiger partial charge on any atom is -0.339 e. The van der Waals surface area contributed by atoms with Crippen LogP contribution in [0.5, 0.6) is 0 Å². The Morgan fingerprint density at radius 3 is 2.59 bits per heavy atom. The van der Waals surface area contributed by atoms with Crippen molar-refractivity contribution in [2.24, 2.45) is 0 Å². The summed E-state index contributed by atoms with van der Waals surface area (Å²) >= 11 is 1.49. The molecule has 2 amide bonds. The van der Waals surface area contributed by atoms with Gasteiger partial charge in [0.2, 0.25) is 17.6 Å². The molecule has 0 radical (unpaired) electrons. The van der Waals surface area contributed by atoms with Gasteiger partial charge in [0.15, 0.2) is 0 Å². The summed E-state index contributed by atoms with van der Waals surface area (Å²) in [6.45, 7) is 7.17. The predicted octanol–water partition coefficient (Wildman–Crippen LogP) is 4.19. The van der Waals surface area contributed by atoms with Crippen molar-refractivity contribution in [2.45, 2.75) is 34.1 Å². The third-order valence-electron chi connectivity index (χ3n) is 3.97. The lowest BCUT2D eigenvalue weighted by atomic mass is 10.1. The van der Waals surface area contributed by atoms with Gasteiger partial charge >= 0.3 is 0 Å². The zero-order chi connectivity index (χ0) is 19.6. The molecular weight excluding hydrogens is 364 g/mol. The van der Waals surface area contributed by atoms with E-state index in [1.165, 1.54) is 18.3 Å². The Morgan fingerprint density at radius 2 is 1.93 bits per heavy atom. The zero-order valence-electron chi connectivity index (χ0n) is 15.5. The molecule has 0 spiro atoms. The van der Waals surface area contributed by atoms with E-state index in [4.69, 9.17) is 4.52 Å². The second-order valence-corrected chi connectivity index (χ2v) is 7.37. The molecule has 0 bridgehead atoms. The Hall–Kier alpha value is -3.00. The fourth-order valence-electron chi connectivity index (χ4n) is 2.50. The Bertz CT molecular complexity index is 1010. The van der Waals surface area contributed by atoms with Gasteiger partial charge in [-0.15, -0.1) is 11.3 Å². The molecule has 0 saturated carbocycles. The van der Waals surface area contributed by atoms with E-state index in [0.29, 0.717) is 35.1 Å². The van der Waals surface area contributed by atoms with E-state index in [1.807, 2.05) is 26.8 Å². The van der Waals surface area contributed by atoms with Gasteiger partial charge in [0.1, 0.15) is 0 Å². The van der Waals surface area contributed by atoms with Crippen LogP contribution in [-0.2, 0) is 11.2 Å². The number of aryl methyl sites for hydroxylation is 3. The third kappa shape index (κ3) is 4.22. The number of thiophene rings is 1. The number of nitrogens with zero attached hydrogens (tertiary/aromatic N) is 2. The number of carbonyl (C=O) groups excluding carboxylic acids is 2. The number of anilines is 2. The van der Waals surface area contributed by atoms with Crippen LogP contribution in [0.4, 0.5) is 11.4 Å². The first-order valence-electron chi connectivity index (χ1n) is 8.50. The quantitative estimate of drug-likeness (QED) is 0.687. The standard InChI is InChI=1S/C19H20N4O3S/c1-5-17-22-18(23-26-17)16-9-15(11(3)27-16)21-19(25)13-7-6-10(2)14(8-13)20-12(4)24/h6-9H,5H2,1-4H3,(H,20,24)(H,21,25). The van der Waals surface area contributed by atoms with Crippen LogP contribution < -0.4 is 10.6 Å². The van der Waals surface area contributed by atoms with Crippen LogP contribution in [0.1, 0.15) is 40.5 Å². The summed E-state index contributed by atoms with van der Waals surface area (Å²) in [5, 5.41) is 9.61. The van der Waals surface area contributed by atoms with E-state index in [0.717, 1.165) is 15.3 Å². The smallest absolute Gasteiger partial charge is 0.255 e. The fourth-order valence-corrected chi connectivity index (χ4v) is 3.40. The summed E-state index contributed by atoms with van der Waals surface area (Å²) in [5.74, 6) is 0.660. The largest absolute Gasteiger partial charge is 0.339 e. The number of hydrogen-bond acceptors (Lipinski definition) is 6. The van der Waals surface area contributed by atoms with E-state index in [2.05, 4.69) is 20.8 Å². The maximum atomic E-state index is 12.6. The number of amides is 2. The molecule has 0 fully saturated rings. The topological polar surface area (TPSA) is 97.1 Å². The molecule has 1 aromatic carbocycles. The third-order valence-corrected chi connectivity index (χ3v) is 5.01. The van der Waals surface area contributed by atoms with Crippen LogP contribution >= 0.6 is 11.3 Å². The number of benzene rings is 1.